The van der Waals surface area contributed by atoms with Crippen LogP contribution in [0.1, 0.15) is 11.5 Å². The summed E-state index contributed by atoms with van der Waals surface area (Å²) in [5.74, 6) is 0.840. The number of rotatable bonds is 0. The summed E-state index contributed by atoms with van der Waals surface area (Å²) in [6.07, 6.45) is 0. The van der Waals surface area contributed by atoms with Crippen molar-refractivity contribution in [3.63, 3.8) is 0 Å². The Labute approximate surface area is 90.5 Å². The molecule has 0 saturated carbocycles. The molecule has 2 rings (SSSR count). The van der Waals surface area contributed by atoms with Gasteiger partial charge in [0.05, 0.1) is 5.52 Å². The summed E-state index contributed by atoms with van der Waals surface area (Å²) in [5, 5.41) is 1.17. The zero-order valence-electron chi connectivity index (χ0n) is 7.50. The molecule has 2 nitrogen and oxygen atoms in total. The molecule has 0 atom stereocenters. The number of halogens is 1. The first-order valence-corrected chi connectivity index (χ1v) is 5.16. The van der Waals surface area contributed by atoms with Crippen LogP contribution in [0.15, 0.2) is 18.2 Å². The van der Waals surface area contributed by atoms with Gasteiger partial charge in [-0.1, -0.05) is 6.07 Å². The maximum absolute atomic E-state index is 4.38. The Balaban J connectivity index is 2.94. The van der Waals surface area contributed by atoms with Crippen molar-refractivity contribution in [2.24, 2.45) is 0 Å². The molecule has 0 bridgehead atoms. The van der Waals surface area contributed by atoms with E-state index in [2.05, 4.69) is 38.6 Å². The molecule has 0 unspecified atom stereocenters. The second-order valence-electron chi connectivity index (χ2n) is 2.99. The number of fused-ring (bicyclic) bond motifs is 1. The number of benzene rings is 1. The summed E-state index contributed by atoms with van der Waals surface area (Å²) in [5.41, 5.74) is 2.10. The van der Waals surface area contributed by atoms with Crippen LogP contribution in [0.4, 0.5) is 0 Å². The second kappa shape index (κ2) is 3.21. The van der Waals surface area contributed by atoms with Crippen LogP contribution in [0.5, 0.6) is 0 Å². The predicted octanol–water partition coefficient (Wildman–Crippen LogP) is 2.85. The SMILES string of the molecule is Cc1nc(C)c2c(I)cccc2n1. The minimum atomic E-state index is 0.840. The molecule has 1 aromatic carbocycles. The average molecular weight is 284 g/mol. The van der Waals surface area contributed by atoms with Gasteiger partial charge in [-0.3, -0.25) is 0 Å². The first kappa shape index (κ1) is 8.87. The highest BCUT2D eigenvalue weighted by atomic mass is 127. The van der Waals surface area contributed by atoms with Gasteiger partial charge in [-0.25, -0.2) is 9.97 Å². The Morgan fingerprint density at radius 2 is 1.92 bits per heavy atom. The van der Waals surface area contributed by atoms with Gasteiger partial charge in [0.2, 0.25) is 0 Å². The maximum atomic E-state index is 4.38. The fourth-order valence-electron chi connectivity index (χ4n) is 1.46. The molecule has 66 valence electrons. The van der Waals surface area contributed by atoms with Gasteiger partial charge in [0.15, 0.2) is 0 Å². The number of hydrogen-bond acceptors (Lipinski definition) is 2. The Morgan fingerprint density at radius 3 is 2.69 bits per heavy atom. The summed E-state index contributed by atoms with van der Waals surface area (Å²) in [7, 11) is 0. The third-order valence-corrected chi connectivity index (χ3v) is 2.86. The lowest BCUT2D eigenvalue weighted by atomic mass is 10.2. The van der Waals surface area contributed by atoms with Crippen molar-refractivity contribution in [1.29, 1.82) is 0 Å². The largest absolute Gasteiger partial charge is 0.238 e. The van der Waals surface area contributed by atoms with E-state index in [1.165, 1.54) is 8.96 Å². The number of aromatic nitrogens is 2. The highest BCUT2D eigenvalue weighted by molar-refractivity contribution is 14.1. The minimum Gasteiger partial charge on any atom is -0.238 e. The molecule has 0 amide bonds. The maximum Gasteiger partial charge on any atom is 0.126 e. The van der Waals surface area contributed by atoms with Gasteiger partial charge in [0, 0.05) is 14.7 Å². The summed E-state index contributed by atoms with van der Waals surface area (Å²) in [6, 6.07) is 6.13. The topological polar surface area (TPSA) is 25.8 Å². The van der Waals surface area contributed by atoms with Gasteiger partial charge in [-0.2, -0.15) is 0 Å². The van der Waals surface area contributed by atoms with Crippen LogP contribution in [0, 0.1) is 17.4 Å². The zero-order valence-corrected chi connectivity index (χ0v) is 9.66. The van der Waals surface area contributed by atoms with Crippen LogP contribution in [0.25, 0.3) is 10.9 Å². The van der Waals surface area contributed by atoms with E-state index in [4.69, 9.17) is 0 Å². The minimum absolute atomic E-state index is 0.840. The van der Waals surface area contributed by atoms with E-state index in [9.17, 15) is 0 Å². The Hall–Kier alpha value is -0.710. The third-order valence-electron chi connectivity index (χ3n) is 1.97. The van der Waals surface area contributed by atoms with E-state index in [1.54, 1.807) is 0 Å². The van der Waals surface area contributed by atoms with E-state index >= 15 is 0 Å². The van der Waals surface area contributed by atoms with E-state index in [1.807, 2.05) is 26.0 Å². The van der Waals surface area contributed by atoms with E-state index < -0.39 is 0 Å². The average Bonchev–Trinajstić information content (AvgIpc) is 2.02. The van der Waals surface area contributed by atoms with Crippen molar-refractivity contribution in [2.75, 3.05) is 0 Å². The number of nitrogens with zero attached hydrogens (tertiary/aromatic N) is 2. The Kier molecular flexibility index (Phi) is 2.19. The molecule has 1 aromatic heterocycles. The zero-order chi connectivity index (χ0) is 9.42. The monoisotopic (exact) mass is 284 g/mol. The molecule has 0 fully saturated rings. The van der Waals surface area contributed by atoms with Crippen LogP contribution < -0.4 is 0 Å². The predicted molar refractivity (Wildman–Crippen MR) is 61.7 cm³/mol. The molecule has 0 N–H and O–H groups in total. The van der Waals surface area contributed by atoms with Crippen LogP contribution in [-0.4, -0.2) is 9.97 Å². The van der Waals surface area contributed by atoms with Crippen molar-refractivity contribution < 1.29 is 0 Å². The molecule has 0 saturated heterocycles. The van der Waals surface area contributed by atoms with Crippen LogP contribution in [0.2, 0.25) is 0 Å². The van der Waals surface area contributed by atoms with Crippen molar-refractivity contribution in [3.05, 3.63) is 33.3 Å². The van der Waals surface area contributed by atoms with Crippen LogP contribution >= 0.6 is 22.6 Å². The van der Waals surface area contributed by atoms with Crippen molar-refractivity contribution in [2.45, 2.75) is 13.8 Å². The van der Waals surface area contributed by atoms with Crippen LogP contribution in [-0.2, 0) is 0 Å². The van der Waals surface area contributed by atoms with Gasteiger partial charge in [-0.05, 0) is 48.6 Å². The summed E-state index contributed by atoms with van der Waals surface area (Å²) < 4.78 is 1.22. The van der Waals surface area contributed by atoms with Crippen molar-refractivity contribution in [1.82, 2.24) is 9.97 Å². The Bertz CT molecular complexity index is 466. The molecule has 13 heavy (non-hydrogen) atoms. The second-order valence-corrected chi connectivity index (χ2v) is 4.15. The van der Waals surface area contributed by atoms with Gasteiger partial charge < -0.3 is 0 Å². The fraction of sp³-hybridized carbons (Fsp3) is 0.200. The summed E-state index contributed by atoms with van der Waals surface area (Å²) in [6.45, 7) is 3.95. The first-order valence-electron chi connectivity index (χ1n) is 4.08. The van der Waals surface area contributed by atoms with Gasteiger partial charge in [0.1, 0.15) is 5.82 Å². The number of hydrogen-bond donors (Lipinski definition) is 0. The molecular weight excluding hydrogens is 275 g/mol. The summed E-state index contributed by atoms with van der Waals surface area (Å²) >= 11 is 2.32. The van der Waals surface area contributed by atoms with E-state index in [0.717, 1.165) is 17.0 Å². The molecule has 0 radical (unpaired) electrons. The van der Waals surface area contributed by atoms with Gasteiger partial charge >= 0.3 is 0 Å². The molecular formula is C10H9IN2. The third kappa shape index (κ3) is 1.52. The summed E-state index contributed by atoms with van der Waals surface area (Å²) in [4.78, 5) is 8.73. The molecule has 0 spiro atoms. The molecule has 0 aliphatic carbocycles. The standard InChI is InChI=1S/C10H9IN2/c1-6-10-8(11)4-3-5-9(10)13-7(2)12-6/h3-5H,1-2H3. The molecule has 0 aliphatic heterocycles. The number of aryl methyl sites for hydroxylation is 2. The molecule has 1 heterocycles. The van der Waals surface area contributed by atoms with Gasteiger partial charge in [0.25, 0.3) is 0 Å². The lowest BCUT2D eigenvalue weighted by Gasteiger charge is -2.03. The highest BCUT2D eigenvalue weighted by Gasteiger charge is 2.04. The smallest absolute Gasteiger partial charge is 0.126 e. The lowest BCUT2D eigenvalue weighted by Crippen LogP contribution is -1.94. The molecule has 0 aliphatic rings. The van der Waals surface area contributed by atoms with Crippen molar-refractivity contribution in [3.8, 4) is 0 Å². The fourth-order valence-corrected chi connectivity index (χ4v) is 2.34. The van der Waals surface area contributed by atoms with Crippen LogP contribution in [0.3, 0.4) is 0 Å². The Morgan fingerprint density at radius 1 is 1.15 bits per heavy atom. The molecule has 3 heteroatoms. The quantitative estimate of drug-likeness (QED) is 0.695. The lowest BCUT2D eigenvalue weighted by molar-refractivity contribution is 1.05. The van der Waals surface area contributed by atoms with E-state index in [0.29, 0.717) is 0 Å². The van der Waals surface area contributed by atoms with E-state index in [-0.39, 0.29) is 0 Å². The molecule has 2 aromatic rings. The van der Waals surface area contributed by atoms with Crippen molar-refractivity contribution >= 4 is 33.5 Å². The van der Waals surface area contributed by atoms with Gasteiger partial charge in [-0.15, -0.1) is 0 Å². The first-order chi connectivity index (χ1) is 6.18. The normalized spacial score (nSPS) is 10.7. The highest BCUT2D eigenvalue weighted by Crippen LogP contribution is 2.21.